The van der Waals surface area contributed by atoms with E-state index in [4.69, 9.17) is 5.73 Å². The van der Waals surface area contributed by atoms with Crippen molar-refractivity contribution in [2.24, 2.45) is 11.1 Å². The summed E-state index contributed by atoms with van der Waals surface area (Å²) in [5.41, 5.74) is 1.00. The SMILES string of the molecule is CC(C)(C)[C@@H](N)C(=O)Nc1ccccc1SC(F)(F)F. The van der Waals surface area contributed by atoms with Gasteiger partial charge < -0.3 is 11.1 Å². The number of para-hydroxylation sites is 1. The minimum atomic E-state index is -4.41. The first-order valence-electron chi connectivity index (χ1n) is 5.92. The number of benzene rings is 1. The molecule has 3 N–H and O–H groups in total. The van der Waals surface area contributed by atoms with Gasteiger partial charge in [-0.05, 0) is 29.3 Å². The molecular formula is C13H17F3N2OS. The number of rotatable bonds is 3. The van der Waals surface area contributed by atoms with E-state index in [0.29, 0.717) is 0 Å². The van der Waals surface area contributed by atoms with Crippen molar-refractivity contribution in [2.75, 3.05) is 5.32 Å². The molecule has 0 radical (unpaired) electrons. The van der Waals surface area contributed by atoms with Crippen molar-refractivity contribution < 1.29 is 18.0 Å². The van der Waals surface area contributed by atoms with Gasteiger partial charge in [-0.3, -0.25) is 4.79 Å². The molecule has 0 aliphatic heterocycles. The van der Waals surface area contributed by atoms with Crippen LogP contribution in [0.5, 0.6) is 0 Å². The van der Waals surface area contributed by atoms with E-state index in [1.54, 1.807) is 26.8 Å². The molecule has 0 saturated heterocycles. The molecule has 0 aliphatic rings. The number of amides is 1. The lowest BCUT2D eigenvalue weighted by molar-refractivity contribution is -0.119. The number of nitrogens with one attached hydrogen (secondary N) is 1. The van der Waals surface area contributed by atoms with Gasteiger partial charge in [0.05, 0.1) is 11.7 Å². The normalized spacial score (nSPS) is 13.9. The van der Waals surface area contributed by atoms with Crippen LogP contribution >= 0.6 is 11.8 Å². The Morgan fingerprint density at radius 2 is 1.80 bits per heavy atom. The minimum absolute atomic E-state index is 0.0607. The Kier molecular flexibility index (Phi) is 5.10. The van der Waals surface area contributed by atoms with Crippen molar-refractivity contribution in [1.29, 1.82) is 0 Å². The van der Waals surface area contributed by atoms with Gasteiger partial charge in [0.2, 0.25) is 5.91 Å². The second-order valence-electron chi connectivity index (χ2n) is 5.38. The summed E-state index contributed by atoms with van der Waals surface area (Å²) < 4.78 is 37.3. The highest BCUT2D eigenvalue weighted by Crippen LogP contribution is 2.40. The monoisotopic (exact) mass is 306 g/mol. The third-order valence-corrected chi connectivity index (χ3v) is 3.39. The number of carbonyl (C=O) groups is 1. The van der Waals surface area contributed by atoms with Crippen molar-refractivity contribution in [3.05, 3.63) is 24.3 Å². The van der Waals surface area contributed by atoms with Crippen LogP contribution in [0.15, 0.2) is 29.2 Å². The van der Waals surface area contributed by atoms with Crippen molar-refractivity contribution >= 4 is 23.4 Å². The van der Waals surface area contributed by atoms with Crippen molar-refractivity contribution in [3.63, 3.8) is 0 Å². The van der Waals surface area contributed by atoms with Crippen molar-refractivity contribution in [1.82, 2.24) is 0 Å². The van der Waals surface area contributed by atoms with Gasteiger partial charge in [-0.1, -0.05) is 32.9 Å². The van der Waals surface area contributed by atoms with Gasteiger partial charge in [0, 0.05) is 4.90 Å². The maximum atomic E-state index is 12.4. The number of carbonyl (C=O) groups excluding carboxylic acids is 1. The third kappa shape index (κ3) is 5.05. The van der Waals surface area contributed by atoms with E-state index in [1.165, 1.54) is 18.2 Å². The smallest absolute Gasteiger partial charge is 0.324 e. The summed E-state index contributed by atoms with van der Waals surface area (Å²) in [7, 11) is 0. The van der Waals surface area contributed by atoms with Gasteiger partial charge in [0.1, 0.15) is 0 Å². The molecule has 1 rings (SSSR count). The summed E-state index contributed by atoms with van der Waals surface area (Å²) >= 11 is -0.267. The zero-order valence-electron chi connectivity index (χ0n) is 11.4. The van der Waals surface area contributed by atoms with Gasteiger partial charge in [-0.2, -0.15) is 13.2 Å². The highest BCUT2D eigenvalue weighted by Gasteiger charge is 2.32. The summed E-state index contributed by atoms with van der Waals surface area (Å²) in [4.78, 5) is 11.9. The van der Waals surface area contributed by atoms with E-state index < -0.39 is 22.9 Å². The highest BCUT2D eigenvalue weighted by atomic mass is 32.2. The van der Waals surface area contributed by atoms with Crippen LogP contribution in [0.4, 0.5) is 18.9 Å². The maximum absolute atomic E-state index is 12.4. The molecule has 1 atom stereocenters. The average Bonchev–Trinajstić information content (AvgIpc) is 2.27. The zero-order chi connectivity index (χ0) is 15.6. The number of hydrogen-bond donors (Lipinski definition) is 2. The molecular weight excluding hydrogens is 289 g/mol. The van der Waals surface area contributed by atoms with Crippen LogP contribution in [-0.2, 0) is 4.79 Å². The summed E-state index contributed by atoms with van der Waals surface area (Å²) in [6, 6.07) is 4.94. The fraction of sp³-hybridized carbons (Fsp3) is 0.462. The first kappa shape index (κ1) is 16.8. The highest BCUT2D eigenvalue weighted by molar-refractivity contribution is 8.00. The number of halogens is 3. The van der Waals surface area contributed by atoms with Crippen LogP contribution in [0.2, 0.25) is 0 Å². The van der Waals surface area contributed by atoms with Crippen LogP contribution < -0.4 is 11.1 Å². The van der Waals surface area contributed by atoms with Gasteiger partial charge in [0.25, 0.3) is 0 Å². The average molecular weight is 306 g/mol. The molecule has 0 saturated carbocycles. The molecule has 0 heterocycles. The lowest BCUT2D eigenvalue weighted by Crippen LogP contribution is -2.45. The number of anilines is 1. The van der Waals surface area contributed by atoms with E-state index in [2.05, 4.69) is 5.32 Å². The summed E-state index contributed by atoms with van der Waals surface area (Å²) in [5, 5.41) is 2.45. The molecule has 1 amide bonds. The summed E-state index contributed by atoms with van der Waals surface area (Å²) in [5.74, 6) is -0.507. The topological polar surface area (TPSA) is 55.1 Å². The number of alkyl halides is 3. The quantitative estimate of drug-likeness (QED) is 0.839. The van der Waals surface area contributed by atoms with Gasteiger partial charge >= 0.3 is 5.51 Å². The molecule has 112 valence electrons. The standard InChI is InChI=1S/C13H17F3N2OS/c1-12(2,3)10(17)11(19)18-8-6-4-5-7-9(8)20-13(14,15)16/h4-7,10H,17H2,1-3H3,(H,18,19)/t10-/m0/s1. The fourth-order valence-electron chi connectivity index (χ4n) is 1.39. The van der Waals surface area contributed by atoms with Gasteiger partial charge in [-0.25, -0.2) is 0 Å². The van der Waals surface area contributed by atoms with Crippen LogP contribution in [-0.4, -0.2) is 17.5 Å². The van der Waals surface area contributed by atoms with Crippen LogP contribution in [0.1, 0.15) is 20.8 Å². The second-order valence-corrected chi connectivity index (χ2v) is 6.48. The van der Waals surface area contributed by atoms with Crippen molar-refractivity contribution in [2.45, 2.75) is 37.2 Å². The van der Waals surface area contributed by atoms with Crippen LogP contribution in [0, 0.1) is 5.41 Å². The van der Waals surface area contributed by atoms with Gasteiger partial charge in [0.15, 0.2) is 0 Å². The Morgan fingerprint density at radius 1 is 1.25 bits per heavy atom. The predicted octanol–water partition coefficient (Wildman–Crippen LogP) is 3.61. The Bertz CT molecular complexity index is 483. The summed E-state index contributed by atoms with van der Waals surface area (Å²) in [6.07, 6.45) is 0. The lowest BCUT2D eigenvalue weighted by atomic mass is 9.87. The number of nitrogens with two attached hydrogens (primary N) is 1. The van der Waals surface area contributed by atoms with Crippen LogP contribution in [0.3, 0.4) is 0 Å². The third-order valence-electron chi connectivity index (χ3n) is 2.59. The molecule has 7 heteroatoms. The minimum Gasteiger partial charge on any atom is -0.324 e. The predicted molar refractivity (Wildman–Crippen MR) is 74.4 cm³/mol. The Morgan fingerprint density at radius 3 is 2.30 bits per heavy atom. The first-order chi connectivity index (χ1) is 9.00. The Balaban J connectivity index is 2.91. The number of thioether (sulfide) groups is 1. The van der Waals surface area contributed by atoms with E-state index in [-0.39, 0.29) is 22.3 Å². The van der Waals surface area contributed by atoms with Crippen molar-refractivity contribution in [3.8, 4) is 0 Å². The van der Waals surface area contributed by atoms with Crippen LogP contribution in [0.25, 0.3) is 0 Å². The van der Waals surface area contributed by atoms with E-state index in [0.717, 1.165) is 0 Å². The molecule has 20 heavy (non-hydrogen) atoms. The second kappa shape index (κ2) is 6.05. The zero-order valence-corrected chi connectivity index (χ0v) is 12.2. The molecule has 1 aromatic rings. The molecule has 1 aromatic carbocycles. The Labute approximate surface area is 120 Å². The molecule has 0 aliphatic carbocycles. The molecule has 0 unspecified atom stereocenters. The molecule has 3 nitrogen and oxygen atoms in total. The fourth-order valence-corrected chi connectivity index (χ4v) is 2.01. The van der Waals surface area contributed by atoms with Gasteiger partial charge in [-0.15, -0.1) is 0 Å². The molecule has 0 bridgehead atoms. The largest absolute Gasteiger partial charge is 0.446 e. The lowest BCUT2D eigenvalue weighted by Gasteiger charge is -2.26. The first-order valence-corrected chi connectivity index (χ1v) is 6.73. The number of hydrogen-bond acceptors (Lipinski definition) is 3. The summed E-state index contributed by atoms with van der Waals surface area (Å²) in [6.45, 7) is 5.36. The maximum Gasteiger partial charge on any atom is 0.446 e. The van der Waals surface area contributed by atoms with E-state index in [1.807, 2.05) is 0 Å². The van der Waals surface area contributed by atoms with E-state index in [9.17, 15) is 18.0 Å². The Hall–Kier alpha value is -1.21. The molecule has 0 spiro atoms. The molecule has 0 fully saturated rings. The molecule has 0 aromatic heterocycles. The van der Waals surface area contributed by atoms with E-state index >= 15 is 0 Å².